The number of benzene rings is 1. The molecule has 0 unspecified atom stereocenters. The Balaban J connectivity index is 1.56. The zero-order valence-corrected chi connectivity index (χ0v) is 14.9. The second-order valence-corrected chi connectivity index (χ2v) is 6.78. The van der Waals surface area contributed by atoms with Crippen molar-refractivity contribution < 1.29 is 4.74 Å². The molecule has 0 saturated heterocycles. The summed E-state index contributed by atoms with van der Waals surface area (Å²) in [5.74, 6) is 1.56. The summed E-state index contributed by atoms with van der Waals surface area (Å²) in [6, 6.07) is 12.3. The molecule has 4 rings (SSSR count). The third kappa shape index (κ3) is 3.75. The Bertz CT molecular complexity index is 815. The van der Waals surface area contributed by atoms with Gasteiger partial charge in [0.05, 0.1) is 30.4 Å². The molecule has 1 aromatic carbocycles. The van der Waals surface area contributed by atoms with Crippen LogP contribution >= 0.6 is 0 Å². The minimum Gasteiger partial charge on any atom is -0.381 e. The highest BCUT2D eigenvalue weighted by molar-refractivity contribution is 5.62. The third-order valence-electron chi connectivity index (χ3n) is 4.97. The second kappa shape index (κ2) is 7.66. The number of nitrogens with zero attached hydrogens (tertiary/aromatic N) is 4. The van der Waals surface area contributed by atoms with Gasteiger partial charge in [0.1, 0.15) is 12.1 Å². The minimum absolute atomic E-state index is 0.402. The number of H-pyrrole nitrogens is 1. The fraction of sp³-hybridized carbons (Fsp3) is 0.350. The SMILES string of the molecule is COC1CC(CN(Cc2cnc[nH]2)c2cc(-c3ccccc3)ncn2)C1. The van der Waals surface area contributed by atoms with E-state index in [4.69, 9.17) is 4.74 Å². The molecule has 0 bridgehead atoms. The molecule has 0 spiro atoms. The largest absolute Gasteiger partial charge is 0.381 e. The average Bonchev–Trinajstić information content (AvgIpc) is 3.17. The van der Waals surface area contributed by atoms with E-state index in [0.717, 1.165) is 48.7 Å². The fourth-order valence-corrected chi connectivity index (χ4v) is 3.43. The zero-order chi connectivity index (χ0) is 17.8. The Morgan fingerprint density at radius 1 is 1.19 bits per heavy atom. The lowest BCUT2D eigenvalue weighted by molar-refractivity contribution is 0.00357. The summed E-state index contributed by atoms with van der Waals surface area (Å²) in [6.45, 7) is 1.70. The fourth-order valence-electron chi connectivity index (χ4n) is 3.43. The Hall–Kier alpha value is -2.73. The number of rotatable bonds is 7. The van der Waals surface area contributed by atoms with Crippen LogP contribution in [0.3, 0.4) is 0 Å². The van der Waals surface area contributed by atoms with Gasteiger partial charge in [0.15, 0.2) is 0 Å². The molecule has 1 fully saturated rings. The highest BCUT2D eigenvalue weighted by Gasteiger charge is 2.31. The Kier molecular flexibility index (Phi) is 4.93. The standard InChI is InChI=1S/C20H23N5O/c1-26-18-7-15(8-18)11-25(12-17-10-21-13-22-17)20-9-19(23-14-24-20)16-5-3-2-4-6-16/h2-6,9-10,13-15,18H,7-8,11-12H2,1H3,(H,21,22). The minimum atomic E-state index is 0.402. The number of hydrogen-bond acceptors (Lipinski definition) is 5. The number of methoxy groups -OCH3 is 1. The van der Waals surface area contributed by atoms with E-state index in [9.17, 15) is 0 Å². The maximum atomic E-state index is 5.43. The molecule has 0 atom stereocenters. The van der Waals surface area contributed by atoms with Crippen molar-refractivity contribution >= 4 is 5.82 Å². The summed E-state index contributed by atoms with van der Waals surface area (Å²) in [7, 11) is 1.79. The van der Waals surface area contributed by atoms with Crippen molar-refractivity contribution in [2.45, 2.75) is 25.5 Å². The monoisotopic (exact) mass is 349 g/mol. The predicted molar refractivity (Wildman–Crippen MR) is 101 cm³/mol. The van der Waals surface area contributed by atoms with Crippen LogP contribution in [0.1, 0.15) is 18.5 Å². The number of nitrogens with one attached hydrogen (secondary N) is 1. The molecule has 3 aromatic rings. The van der Waals surface area contributed by atoms with Gasteiger partial charge in [-0.15, -0.1) is 0 Å². The Labute approximate surface area is 153 Å². The van der Waals surface area contributed by atoms with Gasteiger partial charge in [-0.2, -0.15) is 0 Å². The van der Waals surface area contributed by atoms with E-state index < -0.39 is 0 Å². The van der Waals surface area contributed by atoms with Gasteiger partial charge in [-0.3, -0.25) is 0 Å². The van der Waals surface area contributed by atoms with Crippen molar-refractivity contribution in [2.24, 2.45) is 5.92 Å². The van der Waals surface area contributed by atoms with Crippen LogP contribution in [0, 0.1) is 5.92 Å². The number of ether oxygens (including phenoxy) is 1. The first-order valence-electron chi connectivity index (χ1n) is 8.94. The zero-order valence-electron chi connectivity index (χ0n) is 14.9. The average molecular weight is 349 g/mol. The quantitative estimate of drug-likeness (QED) is 0.709. The van der Waals surface area contributed by atoms with Gasteiger partial charge >= 0.3 is 0 Å². The Morgan fingerprint density at radius 3 is 2.77 bits per heavy atom. The molecule has 6 nitrogen and oxygen atoms in total. The molecular weight excluding hydrogens is 326 g/mol. The van der Waals surface area contributed by atoms with E-state index in [-0.39, 0.29) is 0 Å². The van der Waals surface area contributed by atoms with Crippen molar-refractivity contribution in [2.75, 3.05) is 18.6 Å². The van der Waals surface area contributed by atoms with Gasteiger partial charge in [0.2, 0.25) is 0 Å². The van der Waals surface area contributed by atoms with Crippen molar-refractivity contribution in [1.29, 1.82) is 0 Å². The second-order valence-electron chi connectivity index (χ2n) is 6.78. The molecule has 6 heteroatoms. The summed E-state index contributed by atoms with van der Waals surface area (Å²) in [6.07, 6.45) is 7.84. The van der Waals surface area contributed by atoms with Gasteiger partial charge in [-0.25, -0.2) is 15.0 Å². The first kappa shape index (κ1) is 16.7. The van der Waals surface area contributed by atoms with Crippen LogP contribution in [0.4, 0.5) is 5.82 Å². The number of hydrogen-bond donors (Lipinski definition) is 1. The van der Waals surface area contributed by atoms with Crippen LogP contribution in [0.5, 0.6) is 0 Å². The predicted octanol–water partition coefficient (Wildman–Crippen LogP) is 3.30. The summed E-state index contributed by atoms with van der Waals surface area (Å²) in [4.78, 5) is 18.6. The van der Waals surface area contributed by atoms with Crippen LogP contribution in [0.25, 0.3) is 11.3 Å². The lowest BCUT2D eigenvalue weighted by Crippen LogP contribution is -2.39. The van der Waals surface area contributed by atoms with Crippen molar-refractivity contribution in [1.82, 2.24) is 19.9 Å². The molecule has 2 heterocycles. The smallest absolute Gasteiger partial charge is 0.132 e. The van der Waals surface area contributed by atoms with Crippen LogP contribution < -0.4 is 4.90 Å². The van der Waals surface area contributed by atoms with Gasteiger partial charge in [0, 0.05) is 31.5 Å². The summed E-state index contributed by atoms with van der Waals surface area (Å²) < 4.78 is 5.43. The highest BCUT2D eigenvalue weighted by Crippen LogP contribution is 2.32. The summed E-state index contributed by atoms with van der Waals surface area (Å²) >= 11 is 0. The molecule has 1 saturated carbocycles. The molecule has 1 aliphatic carbocycles. The van der Waals surface area contributed by atoms with E-state index in [1.54, 1.807) is 19.8 Å². The topological polar surface area (TPSA) is 66.9 Å². The van der Waals surface area contributed by atoms with Crippen LogP contribution in [-0.2, 0) is 11.3 Å². The normalized spacial score (nSPS) is 19.1. The van der Waals surface area contributed by atoms with Crippen molar-refractivity contribution in [3.8, 4) is 11.3 Å². The third-order valence-corrected chi connectivity index (χ3v) is 4.97. The van der Waals surface area contributed by atoms with Gasteiger partial charge < -0.3 is 14.6 Å². The number of anilines is 1. The van der Waals surface area contributed by atoms with E-state index >= 15 is 0 Å². The molecule has 0 radical (unpaired) electrons. The van der Waals surface area contributed by atoms with Gasteiger partial charge in [0.25, 0.3) is 0 Å². The molecule has 134 valence electrons. The van der Waals surface area contributed by atoms with Gasteiger partial charge in [-0.05, 0) is 18.8 Å². The van der Waals surface area contributed by atoms with E-state index in [0.29, 0.717) is 12.0 Å². The molecule has 0 aliphatic heterocycles. The Morgan fingerprint density at radius 2 is 2.04 bits per heavy atom. The number of aromatic nitrogens is 4. The van der Waals surface area contributed by atoms with Gasteiger partial charge in [-0.1, -0.05) is 30.3 Å². The maximum Gasteiger partial charge on any atom is 0.132 e. The number of aromatic amines is 1. The summed E-state index contributed by atoms with van der Waals surface area (Å²) in [5, 5.41) is 0. The van der Waals surface area contributed by atoms with E-state index in [2.05, 4.69) is 43.0 Å². The molecule has 0 amide bonds. The molecule has 26 heavy (non-hydrogen) atoms. The maximum absolute atomic E-state index is 5.43. The van der Waals surface area contributed by atoms with Crippen LogP contribution in [-0.4, -0.2) is 39.7 Å². The van der Waals surface area contributed by atoms with Crippen molar-refractivity contribution in [3.63, 3.8) is 0 Å². The summed E-state index contributed by atoms with van der Waals surface area (Å²) in [5.41, 5.74) is 3.11. The molecule has 2 aromatic heterocycles. The van der Waals surface area contributed by atoms with Crippen molar-refractivity contribution in [3.05, 3.63) is 60.9 Å². The first-order chi connectivity index (χ1) is 12.8. The number of imidazole rings is 1. The van der Waals surface area contributed by atoms with Crippen LogP contribution in [0.2, 0.25) is 0 Å². The lowest BCUT2D eigenvalue weighted by Gasteiger charge is -2.38. The highest BCUT2D eigenvalue weighted by atomic mass is 16.5. The van der Waals surface area contributed by atoms with E-state index in [1.807, 2.05) is 24.4 Å². The molecule has 1 N–H and O–H groups in total. The molecular formula is C20H23N5O. The lowest BCUT2D eigenvalue weighted by atomic mass is 9.82. The first-order valence-corrected chi connectivity index (χ1v) is 8.94. The molecule has 1 aliphatic rings. The van der Waals surface area contributed by atoms with E-state index in [1.165, 1.54) is 0 Å². The van der Waals surface area contributed by atoms with Crippen LogP contribution in [0.15, 0.2) is 55.2 Å².